The summed E-state index contributed by atoms with van der Waals surface area (Å²) in [6.45, 7) is 0.376. The molecule has 0 aliphatic rings. The Bertz CT molecular complexity index is 1090. The first-order valence-electron chi connectivity index (χ1n) is 9.25. The van der Waals surface area contributed by atoms with Crippen LogP contribution in [-0.4, -0.2) is 23.3 Å². The molecule has 0 aliphatic carbocycles. The molecule has 8 nitrogen and oxygen atoms in total. The number of nitro groups is 1. The molecule has 0 unspecified atom stereocenters. The van der Waals surface area contributed by atoms with Gasteiger partial charge in [-0.05, 0) is 35.9 Å². The summed E-state index contributed by atoms with van der Waals surface area (Å²) in [5.41, 5.74) is 6.02. The summed E-state index contributed by atoms with van der Waals surface area (Å²) in [5, 5.41) is 10.7. The molecule has 0 saturated carbocycles. The van der Waals surface area contributed by atoms with E-state index < -0.39 is 16.7 Å². The second-order valence-electron chi connectivity index (χ2n) is 6.44. The topological polar surface area (TPSA) is 111 Å². The number of ether oxygens (including phenoxy) is 1. The molecule has 2 N–H and O–H groups in total. The second kappa shape index (κ2) is 10.4. The fraction of sp³-hybridized carbons (Fsp3) is 0.0909. The molecule has 0 aliphatic heterocycles. The SMILES string of the molecule is O=C(NNC(=O)c1cc(Br)ccc1OCCc1ccccc1)c1ccc([N+](=O)[O-])cc1. The van der Waals surface area contributed by atoms with Gasteiger partial charge in [0.15, 0.2) is 0 Å². The standard InChI is InChI=1S/C22H18BrN3O5/c23-17-8-11-20(31-13-12-15-4-2-1-3-5-15)19(14-17)22(28)25-24-21(27)16-6-9-18(10-7-16)26(29)30/h1-11,14H,12-13H2,(H,24,27)(H,25,28). The fourth-order valence-corrected chi connectivity index (χ4v) is 3.08. The number of benzene rings is 3. The third-order valence-corrected chi connectivity index (χ3v) is 4.80. The first kappa shape index (κ1) is 22.0. The predicted octanol–water partition coefficient (Wildman–Crippen LogP) is 4.05. The van der Waals surface area contributed by atoms with Gasteiger partial charge < -0.3 is 4.74 Å². The van der Waals surface area contributed by atoms with E-state index in [1.807, 2.05) is 30.3 Å². The van der Waals surface area contributed by atoms with Crippen LogP contribution < -0.4 is 15.6 Å². The number of carbonyl (C=O) groups is 2. The Labute approximate surface area is 186 Å². The van der Waals surface area contributed by atoms with E-state index in [4.69, 9.17) is 4.74 Å². The summed E-state index contributed by atoms with van der Waals surface area (Å²) in [6.07, 6.45) is 0.675. The van der Waals surface area contributed by atoms with Gasteiger partial charge in [-0.1, -0.05) is 46.3 Å². The van der Waals surface area contributed by atoms with Crippen molar-refractivity contribution >= 4 is 33.4 Å². The molecule has 0 atom stereocenters. The van der Waals surface area contributed by atoms with Crippen molar-refractivity contribution in [1.29, 1.82) is 0 Å². The summed E-state index contributed by atoms with van der Waals surface area (Å²) >= 11 is 3.33. The highest BCUT2D eigenvalue weighted by Gasteiger charge is 2.15. The Balaban J connectivity index is 1.61. The summed E-state index contributed by atoms with van der Waals surface area (Å²) < 4.78 is 6.46. The number of nitrogens with one attached hydrogen (secondary N) is 2. The first-order chi connectivity index (χ1) is 14.9. The van der Waals surface area contributed by atoms with Crippen molar-refractivity contribution in [2.75, 3.05) is 6.61 Å². The monoisotopic (exact) mass is 483 g/mol. The molecular weight excluding hydrogens is 466 g/mol. The van der Waals surface area contributed by atoms with E-state index in [0.29, 0.717) is 23.2 Å². The van der Waals surface area contributed by atoms with Crippen molar-refractivity contribution in [3.05, 3.63) is 104 Å². The van der Waals surface area contributed by atoms with Gasteiger partial charge in [0.25, 0.3) is 17.5 Å². The smallest absolute Gasteiger partial charge is 0.273 e. The maximum Gasteiger partial charge on any atom is 0.273 e. The highest BCUT2D eigenvalue weighted by atomic mass is 79.9. The van der Waals surface area contributed by atoms with E-state index in [1.165, 1.54) is 24.3 Å². The first-order valence-corrected chi connectivity index (χ1v) is 10.0. The molecule has 0 fully saturated rings. The minimum absolute atomic E-state index is 0.132. The zero-order chi connectivity index (χ0) is 22.2. The van der Waals surface area contributed by atoms with Crippen molar-refractivity contribution in [3.63, 3.8) is 0 Å². The number of hydrazine groups is 1. The number of amides is 2. The van der Waals surface area contributed by atoms with E-state index in [1.54, 1.807) is 18.2 Å². The van der Waals surface area contributed by atoms with Crippen LogP contribution >= 0.6 is 15.9 Å². The lowest BCUT2D eigenvalue weighted by atomic mass is 10.1. The maximum atomic E-state index is 12.6. The van der Waals surface area contributed by atoms with E-state index in [0.717, 1.165) is 5.56 Å². The average molecular weight is 484 g/mol. The number of hydrogen-bond acceptors (Lipinski definition) is 5. The number of carbonyl (C=O) groups excluding carboxylic acids is 2. The number of hydrogen-bond donors (Lipinski definition) is 2. The van der Waals surface area contributed by atoms with E-state index >= 15 is 0 Å². The van der Waals surface area contributed by atoms with Gasteiger partial charge in [0.1, 0.15) is 5.75 Å². The van der Waals surface area contributed by atoms with Crippen LogP contribution in [0.2, 0.25) is 0 Å². The van der Waals surface area contributed by atoms with Gasteiger partial charge in [-0.2, -0.15) is 0 Å². The molecule has 0 spiro atoms. The largest absolute Gasteiger partial charge is 0.492 e. The average Bonchev–Trinajstić information content (AvgIpc) is 2.79. The van der Waals surface area contributed by atoms with Gasteiger partial charge in [-0.3, -0.25) is 30.6 Å². The van der Waals surface area contributed by atoms with Crippen molar-refractivity contribution in [1.82, 2.24) is 10.9 Å². The molecule has 158 valence electrons. The lowest BCUT2D eigenvalue weighted by molar-refractivity contribution is -0.384. The molecule has 2 amide bonds. The second-order valence-corrected chi connectivity index (χ2v) is 7.35. The summed E-state index contributed by atoms with van der Waals surface area (Å²) in [7, 11) is 0. The molecule has 0 radical (unpaired) electrons. The molecule has 0 heterocycles. The van der Waals surface area contributed by atoms with Crippen LogP contribution in [0.4, 0.5) is 5.69 Å². The van der Waals surface area contributed by atoms with Crippen LogP contribution in [0.5, 0.6) is 5.75 Å². The van der Waals surface area contributed by atoms with E-state index in [2.05, 4.69) is 26.8 Å². The van der Waals surface area contributed by atoms with E-state index in [-0.39, 0.29) is 16.8 Å². The molecule has 9 heteroatoms. The van der Waals surface area contributed by atoms with Gasteiger partial charge in [0, 0.05) is 28.6 Å². The van der Waals surface area contributed by atoms with Crippen LogP contribution in [0.3, 0.4) is 0 Å². The molecule has 31 heavy (non-hydrogen) atoms. The highest BCUT2D eigenvalue weighted by Crippen LogP contribution is 2.23. The van der Waals surface area contributed by atoms with Gasteiger partial charge in [0.05, 0.1) is 17.1 Å². The number of nitro benzene ring substituents is 1. The Morgan fingerprint density at radius 1 is 0.935 bits per heavy atom. The normalized spacial score (nSPS) is 10.2. The quantitative estimate of drug-likeness (QED) is 0.388. The van der Waals surface area contributed by atoms with Crippen LogP contribution in [0.15, 0.2) is 77.3 Å². The lowest BCUT2D eigenvalue weighted by Crippen LogP contribution is -2.41. The predicted molar refractivity (Wildman–Crippen MR) is 118 cm³/mol. The van der Waals surface area contributed by atoms with Gasteiger partial charge in [-0.25, -0.2) is 0 Å². The van der Waals surface area contributed by atoms with Crippen LogP contribution in [-0.2, 0) is 6.42 Å². The molecular formula is C22H18BrN3O5. The zero-order valence-electron chi connectivity index (χ0n) is 16.2. The van der Waals surface area contributed by atoms with Crippen LogP contribution in [0.25, 0.3) is 0 Å². The third-order valence-electron chi connectivity index (χ3n) is 4.31. The minimum Gasteiger partial charge on any atom is -0.492 e. The number of rotatable bonds is 7. The summed E-state index contributed by atoms with van der Waals surface area (Å²) in [4.78, 5) is 35.0. The molecule has 0 bridgehead atoms. The van der Waals surface area contributed by atoms with Gasteiger partial charge in [0.2, 0.25) is 0 Å². The van der Waals surface area contributed by atoms with Gasteiger partial charge >= 0.3 is 0 Å². The Kier molecular flexibility index (Phi) is 7.34. The molecule has 3 aromatic rings. The zero-order valence-corrected chi connectivity index (χ0v) is 17.8. The summed E-state index contributed by atoms with van der Waals surface area (Å²) in [5.74, 6) is -0.794. The van der Waals surface area contributed by atoms with E-state index in [9.17, 15) is 19.7 Å². The van der Waals surface area contributed by atoms with Crippen molar-refractivity contribution in [3.8, 4) is 5.75 Å². The Morgan fingerprint density at radius 3 is 2.29 bits per heavy atom. The molecule has 0 aromatic heterocycles. The minimum atomic E-state index is -0.607. The van der Waals surface area contributed by atoms with Crippen LogP contribution in [0.1, 0.15) is 26.3 Å². The highest BCUT2D eigenvalue weighted by molar-refractivity contribution is 9.10. The van der Waals surface area contributed by atoms with Gasteiger partial charge in [-0.15, -0.1) is 0 Å². The van der Waals surface area contributed by atoms with Crippen molar-refractivity contribution < 1.29 is 19.2 Å². The number of halogens is 1. The molecule has 3 rings (SSSR count). The number of nitrogens with zero attached hydrogens (tertiary/aromatic N) is 1. The molecule has 3 aromatic carbocycles. The van der Waals surface area contributed by atoms with Crippen molar-refractivity contribution in [2.24, 2.45) is 0 Å². The van der Waals surface area contributed by atoms with Crippen LogP contribution in [0, 0.1) is 10.1 Å². The fourth-order valence-electron chi connectivity index (χ4n) is 2.72. The Morgan fingerprint density at radius 2 is 1.61 bits per heavy atom. The lowest BCUT2D eigenvalue weighted by Gasteiger charge is -2.13. The third kappa shape index (κ3) is 6.13. The number of non-ortho nitro benzene ring substituents is 1. The van der Waals surface area contributed by atoms with Crippen molar-refractivity contribution in [2.45, 2.75) is 6.42 Å². The maximum absolute atomic E-state index is 12.6. The molecule has 0 saturated heterocycles. The Hall–Kier alpha value is -3.72. The summed E-state index contributed by atoms with van der Waals surface area (Å²) in [6, 6.07) is 19.9.